The number of nitrogens with zero attached hydrogens (tertiary/aromatic N) is 2. The van der Waals surface area contributed by atoms with Crippen molar-refractivity contribution in [2.24, 2.45) is 5.73 Å². The van der Waals surface area contributed by atoms with Crippen LogP contribution in [0.4, 0.5) is 13.2 Å². The minimum absolute atomic E-state index is 0.143. The summed E-state index contributed by atoms with van der Waals surface area (Å²) in [5.41, 5.74) is 4.10. The molecule has 1 aromatic heterocycles. The lowest BCUT2D eigenvalue weighted by Gasteiger charge is -2.42. The maximum absolute atomic E-state index is 12.8. The second-order valence-corrected chi connectivity index (χ2v) is 5.10. The fourth-order valence-electron chi connectivity index (χ4n) is 2.57. The summed E-state index contributed by atoms with van der Waals surface area (Å²) in [5.74, 6) is 0. The standard InChI is InChI=1S/C13H18F3N3O/c14-13(15,16)12(20)3-7-19(8-4-12)11(9-17)10-1-5-18-6-2-10/h1-2,5-6,11,20H,3-4,7-9,17H2/t11-/m1/s1. The maximum Gasteiger partial charge on any atom is 0.417 e. The summed E-state index contributed by atoms with van der Waals surface area (Å²) in [6, 6.07) is 3.47. The molecule has 20 heavy (non-hydrogen) atoms. The van der Waals surface area contributed by atoms with Crippen molar-refractivity contribution in [3.8, 4) is 0 Å². The van der Waals surface area contributed by atoms with Gasteiger partial charge in [0.1, 0.15) is 0 Å². The number of piperidine rings is 1. The van der Waals surface area contributed by atoms with Crippen molar-refractivity contribution in [1.82, 2.24) is 9.88 Å². The van der Waals surface area contributed by atoms with E-state index in [-0.39, 0.29) is 32.0 Å². The van der Waals surface area contributed by atoms with Crippen molar-refractivity contribution in [3.63, 3.8) is 0 Å². The molecule has 3 N–H and O–H groups in total. The third-order valence-electron chi connectivity index (χ3n) is 3.91. The van der Waals surface area contributed by atoms with Gasteiger partial charge in [0.05, 0.1) is 0 Å². The summed E-state index contributed by atoms with van der Waals surface area (Å²) in [6.07, 6.45) is -1.95. The number of nitrogens with two attached hydrogens (primary N) is 1. The first kappa shape index (κ1) is 15.2. The molecular weight excluding hydrogens is 271 g/mol. The Morgan fingerprint density at radius 3 is 2.30 bits per heavy atom. The third kappa shape index (κ3) is 2.94. The number of rotatable bonds is 3. The lowest BCUT2D eigenvalue weighted by atomic mass is 9.89. The van der Waals surface area contributed by atoms with E-state index in [1.807, 2.05) is 17.0 Å². The summed E-state index contributed by atoms with van der Waals surface area (Å²) in [5, 5.41) is 9.66. The Morgan fingerprint density at radius 2 is 1.85 bits per heavy atom. The highest BCUT2D eigenvalue weighted by molar-refractivity contribution is 5.16. The van der Waals surface area contributed by atoms with Gasteiger partial charge in [-0.3, -0.25) is 9.88 Å². The van der Waals surface area contributed by atoms with Crippen LogP contribution in [0.15, 0.2) is 24.5 Å². The van der Waals surface area contributed by atoms with Crippen molar-refractivity contribution in [3.05, 3.63) is 30.1 Å². The van der Waals surface area contributed by atoms with Gasteiger partial charge in [-0.2, -0.15) is 13.2 Å². The van der Waals surface area contributed by atoms with E-state index in [4.69, 9.17) is 5.73 Å². The average Bonchev–Trinajstić information content (AvgIpc) is 2.42. The second-order valence-electron chi connectivity index (χ2n) is 5.10. The molecule has 0 unspecified atom stereocenters. The van der Waals surface area contributed by atoms with Crippen molar-refractivity contribution in [2.75, 3.05) is 19.6 Å². The highest BCUT2D eigenvalue weighted by Crippen LogP contribution is 2.39. The molecule has 112 valence electrons. The molecule has 2 rings (SSSR count). The van der Waals surface area contributed by atoms with E-state index in [2.05, 4.69) is 4.98 Å². The largest absolute Gasteiger partial charge is 0.417 e. The lowest BCUT2D eigenvalue weighted by Crippen LogP contribution is -2.54. The molecule has 1 aromatic rings. The van der Waals surface area contributed by atoms with Crippen molar-refractivity contribution < 1.29 is 18.3 Å². The van der Waals surface area contributed by atoms with Gasteiger partial charge in [0, 0.05) is 38.1 Å². The molecule has 0 spiro atoms. The monoisotopic (exact) mass is 289 g/mol. The van der Waals surface area contributed by atoms with Crippen LogP contribution in [0.1, 0.15) is 24.4 Å². The van der Waals surface area contributed by atoms with Crippen LogP contribution in [0.5, 0.6) is 0 Å². The molecule has 1 aliphatic rings. The number of alkyl halides is 3. The predicted octanol–water partition coefficient (Wildman–Crippen LogP) is 1.47. The number of halogens is 3. The van der Waals surface area contributed by atoms with Crippen LogP contribution in [-0.4, -0.2) is 46.4 Å². The zero-order valence-electron chi connectivity index (χ0n) is 11.0. The van der Waals surface area contributed by atoms with Gasteiger partial charge in [-0.15, -0.1) is 0 Å². The fraction of sp³-hybridized carbons (Fsp3) is 0.615. The molecular formula is C13H18F3N3O. The van der Waals surface area contributed by atoms with Crippen molar-refractivity contribution >= 4 is 0 Å². The zero-order chi connectivity index (χ0) is 14.8. The van der Waals surface area contributed by atoms with E-state index in [0.29, 0.717) is 6.54 Å². The van der Waals surface area contributed by atoms with Gasteiger partial charge in [0.25, 0.3) is 0 Å². The molecule has 1 aliphatic heterocycles. The molecule has 0 aromatic carbocycles. The highest BCUT2D eigenvalue weighted by Gasteiger charge is 2.54. The molecule has 0 amide bonds. The van der Waals surface area contributed by atoms with Gasteiger partial charge in [-0.25, -0.2) is 0 Å². The number of hydrogen-bond donors (Lipinski definition) is 2. The van der Waals surface area contributed by atoms with Crippen LogP contribution in [0.3, 0.4) is 0 Å². The second kappa shape index (κ2) is 5.67. The summed E-state index contributed by atoms with van der Waals surface area (Å²) in [4.78, 5) is 5.80. The Balaban J connectivity index is 2.06. The number of aromatic nitrogens is 1. The molecule has 2 heterocycles. The topological polar surface area (TPSA) is 62.4 Å². The van der Waals surface area contributed by atoms with E-state index in [0.717, 1.165) is 5.56 Å². The van der Waals surface area contributed by atoms with Crippen LogP contribution in [0, 0.1) is 0 Å². The molecule has 0 radical (unpaired) electrons. The molecule has 1 atom stereocenters. The summed E-state index contributed by atoms with van der Waals surface area (Å²) >= 11 is 0. The van der Waals surface area contributed by atoms with Gasteiger partial charge >= 0.3 is 6.18 Å². The number of aliphatic hydroxyl groups is 1. The summed E-state index contributed by atoms with van der Waals surface area (Å²) in [6.45, 7) is 0.648. The van der Waals surface area contributed by atoms with Crippen LogP contribution in [-0.2, 0) is 0 Å². The van der Waals surface area contributed by atoms with E-state index in [1.54, 1.807) is 12.4 Å². The van der Waals surface area contributed by atoms with Gasteiger partial charge in [0.15, 0.2) is 5.60 Å². The lowest BCUT2D eigenvalue weighted by molar-refractivity contribution is -0.273. The molecule has 1 fully saturated rings. The predicted molar refractivity (Wildman–Crippen MR) is 67.8 cm³/mol. The smallest absolute Gasteiger partial charge is 0.380 e. The average molecular weight is 289 g/mol. The van der Waals surface area contributed by atoms with E-state index in [1.165, 1.54) is 0 Å². The number of pyridine rings is 1. The van der Waals surface area contributed by atoms with Crippen LogP contribution in [0.25, 0.3) is 0 Å². The zero-order valence-corrected chi connectivity index (χ0v) is 11.0. The third-order valence-corrected chi connectivity index (χ3v) is 3.91. The van der Waals surface area contributed by atoms with Gasteiger partial charge in [-0.1, -0.05) is 0 Å². The quantitative estimate of drug-likeness (QED) is 0.884. The van der Waals surface area contributed by atoms with Gasteiger partial charge in [0.2, 0.25) is 0 Å². The molecule has 0 saturated carbocycles. The summed E-state index contributed by atoms with van der Waals surface area (Å²) in [7, 11) is 0. The normalized spacial score (nSPS) is 21.6. The van der Waals surface area contributed by atoms with E-state index < -0.39 is 11.8 Å². The van der Waals surface area contributed by atoms with Gasteiger partial charge < -0.3 is 10.8 Å². The summed E-state index contributed by atoms with van der Waals surface area (Å²) < 4.78 is 38.3. The van der Waals surface area contributed by atoms with Crippen LogP contribution >= 0.6 is 0 Å². The SMILES string of the molecule is NC[C@H](c1ccncc1)N1CCC(O)(C(F)(F)F)CC1. The molecule has 4 nitrogen and oxygen atoms in total. The molecule has 0 bridgehead atoms. The van der Waals surface area contributed by atoms with Crippen molar-refractivity contribution in [1.29, 1.82) is 0 Å². The Hall–Kier alpha value is -1.18. The first-order chi connectivity index (χ1) is 9.37. The molecule has 0 aliphatic carbocycles. The molecule has 7 heteroatoms. The Labute approximate surface area is 115 Å². The van der Waals surface area contributed by atoms with E-state index >= 15 is 0 Å². The Kier molecular flexibility index (Phi) is 4.31. The van der Waals surface area contributed by atoms with Crippen molar-refractivity contribution in [2.45, 2.75) is 30.7 Å². The van der Waals surface area contributed by atoms with Gasteiger partial charge in [-0.05, 0) is 30.5 Å². The number of likely N-dealkylation sites (tertiary alicyclic amines) is 1. The minimum atomic E-state index is -4.58. The van der Waals surface area contributed by atoms with Crippen LogP contribution in [0.2, 0.25) is 0 Å². The maximum atomic E-state index is 12.8. The Bertz CT molecular complexity index is 430. The highest BCUT2D eigenvalue weighted by atomic mass is 19.4. The van der Waals surface area contributed by atoms with Crippen LogP contribution < -0.4 is 5.73 Å². The fourth-order valence-corrected chi connectivity index (χ4v) is 2.57. The number of hydrogen-bond acceptors (Lipinski definition) is 4. The Morgan fingerprint density at radius 1 is 1.30 bits per heavy atom. The minimum Gasteiger partial charge on any atom is -0.380 e. The first-order valence-electron chi connectivity index (χ1n) is 6.50. The molecule has 1 saturated heterocycles. The first-order valence-corrected chi connectivity index (χ1v) is 6.50. The van der Waals surface area contributed by atoms with E-state index in [9.17, 15) is 18.3 Å².